The lowest BCUT2D eigenvalue weighted by Gasteiger charge is -2.23. The molecule has 0 fully saturated rings. The Morgan fingerprint density at radius 2 is 0.284 bits per heavy atom. The highest BCUT2D eigenvalue weighted by molar-refractivity contribution is 6.31. The smallest absolute Gasteiger partial charge is 0.0159 e. The van der Waals surface area contributed by atoms with E-state index in [1.54, 1.807) is 0 Å². The molecular weight excluding hydrogens is 1610 g/mol. The summed E-state index contributed by atoms with van der Waals surface area (Å²) >= 11 is 0. The number of fused-ring (bicyclic) bond motifs is 10. The van der Waals surface area contributed by atoms with Crippen molar-refractivity contribution in [1.29, 1.82) is 0 Å². The summed E-state index contributed by atoms with van der Waals surface area (Å²) in [6.45, 7) is 9.62. The topological polar surface area (TPSA) is 0 Å². The van der Waals surface area contributed by atoms with Crippen LogP contribution in [0.25, 0.3) is 284 Å². The number of benzene rings is 28. The van der Waals surface area contributed by atoms with Crippen molar-refractivity contribution in [2.45, 2.75) is 38.5 Å². The van der Waals surface area contributed by atoms with Crippen molar-refractivity contribution in [3.05, 3.63) is 459 Å². The molecule has 0 heteroatoms. The van der Waals surface area contributed by atoms with Gasteiger partial charge in [0.2, 0.25) is 0 Å². The lowest BCUT2D eigenvalue weighted by Crippen LogP contribution is -2.15. The van der Waals surface area contributed by atoms with Crippen LogP contribution >= 0.6 is 0 Å². The second kappa shape index (κ2) is 28.0. The molecule has 2 aliphatic carbocycles. The second-order valence-corrected chi connectivity index (χ2v) is 39.1. The number of hydrogen-bond acceptors (Lipinski definition) is 0. The summed E-state index contributed by atoms with van der Waals surface area (Å²) in [4.78, 5) is 0. The first kappa shape index (κ1) is 75.2. The third-order valence-corrected chi connectivity index (χ3v) is 31.5. The van der Waals surface area contributed by atoms with Crippen molar-refractivity contribution in [2.75, 3.05) is 0 Å². The van der Waals surface area contributed by atoms with Crippen LogP contribution in [0.5, 0.6) is 0 Å². The fourth-order valence-corrected chi connectivity index (χ4v) is 24.9. The van der Waals surface area contributed by atoms with Gasteiger partial charge in [-0.05, 0) is 354 Å². The van der Waals surface area contributed by atoms with Gasteiger partial charge in [0.15, 0.2) is 0 Å². The van der Waals surface area contributed by atoms with Crippen LogP contribution in [0, 0.1) is 0 Å². The van der Waals surface area contributed by atoms with E-state index in [1.165, 1.54) is 306 Å². The van der Waals surface area contributed by atoms with Crippen molar-refractivity contribution < 1.29 is 0 Å². The van der Waals surface area contributed by atoms with Crippen molar-refractivity contribution in [1.82, 2.24) is 0 Å². The minimum absolute atomic E-state index is 0.143. The highest BCUT2D eigenvalue weighted by atomic mass is 14.4. The molecule has 0 radical (unpaired) electrons. The summed E-state index contributed by atoms with van der Waals surface area (Å²) in [5, 5.41) is 41.8. The Hall–Kier alpha value is -16.6. The summed E-state index contributed by atoms with van der Waals surface area (Å²) < 4.78 is 0. The van der Waals surface area contributed by atoms with E-state index in [0.717, 1.165) is 0 Å². The molecule has 2 aliphatic rings. The van der Waals surface area contributed by atoms with Crippen LogP contribution in [0.1, 0.15) is 49.9 Å². The lowest BCUT2D eigenvalue weighted by atomic mass is 9.80. The molecule has 0 unspecified atom stereocenters. The van der Waals surface area contributed by atoms with E-state index in [1.807, 2.05) is 0 Å². The summed E-state index contributed by atoms with van der Waals surface area (Å²) in [6, 6.07) is 166. The van der Waals surface area contributed by atoms with Crippen LogP contribution in [0.3, 0.4) is 0 Å². The fraction of sp³-hybridized carbons (Fsp3) is 0.0448. The van der Waals surface area contributed by atoms with Crippen LogP contribution in [0.2, 0.25) is 0 Å². The molecule has 0 aromatic heterocycles. The van der Waals surface area contributed by atoms with E-state index in [2.05, 4.69) is 464 Å². The summed E-state index contributed by atoms with van der Waals surface area (Å²) in [6.07, 6.45) is 0. The van der Waals surface area contributed by atoms with E-state index in [-0.39, 0.29) is 10.8 Å². The molecule has 0 bridgehead atoms. The molecule has 0 spiro atoms. The minimum atomic E-state index is -0.189. The van der Waals surface area contributed by atoms with E-state index >= 15 is 0 Å². The molecule has 28 aromatic rings. The second-order valence-electron chi connectivity index (χ2n) is 39.1. The number of hydrogen-bond donors (Lipinski definition) is 0. The molecule has 30 rings (SSSR count). The van der Waals surface area contributed by atoms with Crippen LogP contribution in [-0.4, -0.2) is 0 Å². The number of rotatable bonds is 8. The SMILES string of the molecule is CC1(C)c2cc(-c3ccc4cc(-c5ccc6ccc7cccc8ccc5c6c78)ccc4c3)ccc2-c2ccc(-c3ccc4cc(-c5ccc6ccc7cccc8ccc5c6c78)ccc4c3)cc21.CC1(C)c2cc(-c3cccc4c(-c5ccc6ccc7cccc8ccc5c6c78)cccc34)ccc2-c2ccc(-c3cccc4c(-c5ccc6ccc7cccc8ccc5c6c78)cccc34)cc21. The molecule has 0 amide bonds. The molecule has 134 heavy (non-hydrogen) atoms. The van der Waals surface area contributed by atoms with E-state index in [0.29, 0.717) is 0 Å². The van der Waals surface area contributed by atoms with Gasteiger partial charge in [-0.1, -0.05) is 416 Å². The third-order valence-electron chi connectivity index (χ3n) is 31.5. The first-order chi connectivity index (χ1) is 65.9. The first-order valence-electron chi connectivity index (χ1n) is 47.3. The Morgan fingerprint density at radius 1 is 0.112 bits per heavy atom. The Labute approximate surface area is 775 Å². The van der Waals surface area contributed by atoms with Crippen molar-refractivity contribution in [3.63, 3.8) is 0 Å². The normalized spacial score (nSPS) is 13.3. The van der Waals surface area contributed by atoms with E-state index in [9.17, 15) is 0 Å². The molecule has 0 saturated heterocycles. The Bertz CT molecular complexity index is 9330. The zero-order chi connectivity index (χ0) is 88.2. The molecule has 0 atom stereocenters. The zero-order valence-corrected chi connectivity index (χ0v) is 74.6. The van der Waals surface area contributed by atoms with Gasteiger partial charge < -0.3 is 0 Å². The van der Waals surface area contributed by atoms with Gasteiger partial charge in [0.05, 0.1) is 0 Å². The maximum atomic E-state index is 2.48. The maximum absolute atomic E-state index is 2.48. The van der Waals surface area contributed by atoms with Gasteiger partial charge in [0.1, 0.15) is 0 Å². The van der Waals surface area contributed by atoms with Gasteiger partial charge in [-0.3, -0.25) is 0 Å². The molecule has 0 saturated carbocycles. The van der Waals surface area contributed by atoms with E-state index < -0.39 is 0 Å². The van der Waals surface area contributed by atoms with Gasteiger partial charge in [-0.25, -0.2) is 0 Å². The quantitative estimate of drug-likeness (QED) is 0.133. The van der Waals surface area contributed by atoms with Crippen LogP contribution < -0.4 is 0 Å². The van der Waals surface area contributed by atoms with Crippen molar-refractivity contribution >= 4 is 172 Å². The predicted octanol–water partition coefficient (Wildman–Crippen LogP) is 37.5. The first-order valence-corrected chi connectivity index (χ1v) is 47.3. The van der Waals surface area contributed by atoms with Gasteiger partial charge in [-0.2, -0.15) is 0 Å². The van der Waals surface area contributed by atoms with Crippen molar-refractivity contribution in [2.24, 2.45) is 0 Å². The van der Waals surface area contributed by atoms with E-state index in [4.69, 9.17) is 0 Å². The molecular formula is C134H84. The average Bonchev–Trinajstić information content (AvgIpc) is 1.15. The third kappa shape index (κ3) is 10.9. The van der Waals surface area contributed by atoms with Gasteiger partial charge in [0.25, 0.3) is 0 Å². The van der Waals surface area contributed by atoms with Crippen LogP contribution in [-0.2, 0) is 10.8 Å². The van der Waals surface area contributed by atoms with Gasteiger partial charge >= 0.3 is 0 Å². The van der Waals surface area contributed by atoms with Crippen LogP contribution in [0.15, 0.2) is 437 Å². The Morgan fingerprint density at radius 3 is 0.597 bits per heavy atom. The molecule has 0 N–H and O–H groups in total. The van der Waals surface area contributed by atoms with Gasteiger partial charge in [0, 0.05) is 10.8 Å². The Kier molecular flexibility index (Phi) is 15.7. The summed E-state index contributed by atoms with van der Waals surface area (Å²) in [5.74, 6) is 0. The minimum Gasteiger partial charge on any atom is -0.0610 e. The molecule has 620 valence electrons. The predicted molar refractivity (Wildman–Crippen MR) is 576 cm³/mol. The standard InChI is InChI=1S/2C67H42/c1-67(2)61-37-45(47-13-5-17-51-49(47)15-7-19-53(51)55-31-25-43-23-21-39-9-3-11-41-27-35-59(55)65(43)63(39)41)29-33-57(61)58-34-30-46(38-62(58)67)48-14-6-18-52-50(48)16-8-20-54(52)56-32-26-44-24-22-40-10-4-12-42-28-36-60(56)66(44)64(40)42;1-67(2)61-37-51(47-13-15-49-35-53(19-17-45(49)33-47)55-27-21-43-11-9-39-5-3-7-41-23-31-59(55)65(43)63(39)41)25-29-57(61)58-30-26-52(38-62(58)67)48-14-16-50-36-54(20-18-46(50)34-48)56-28-22-44-12-10-40-6-4-8-42-24-32-60(56)66(44)64(40)42/h2*3-38H,1-2H3. The molecule has 28 aromatic carbocycles. The maximum Gasteiger partial charge on any atom is 0.0159 e. The highest BCUT2D eigenvalue weighted by Crippen LogP contribution is 2.56. The summed E-state index contributed by atoms with van der Waals surface area (Å²) in [5.41, 5.74) is 30.8. The lowest BCUT2D eigenvalue weighted by molar-refractivity contribution is 0.660. The molecule has 0 heterocycles. The average molecular weight is 1690 g/mol. The zero-order valence-electron chi connectivity index (χ0n) is 74.6. The summed E-state index contributed by atoms with van der Waals surface area (Å²) in [7, 11) is 0. The largest absolute Gasteiger partial charge is 0.0610 e. The Balaban J connectivity index is 0.000000131. The van der Waals surface area contributed by atoms with Crippen LogP contribution in [0.4, 0.5) is 0 Å². The van der Waals surface area contributed by atoms with Crippen molar-refractivity contribution in [3.8, 4) is 111 Å². The molecule has 0 aliphatic heterocycles. The van der Waals surface area contributed by atoms with Gasteiger partial charge in [-0.15, -0.1) is 0 Å². The fourth-order valence-electron chi connectivity index (χ4n) is 24.9. The monoisotopic (exact) mass is 1690 g/mol. The molecule has 0 nitrogen and oxygen atoms in total. The highest BCUT2D eigenvalue weighted by Gasteiger charge is 2.38.